The summed E-state index contributed by atoms with van der Waals surface area (Å²) in [5.74, 6) is 0.176. The van der Waals surface area contributed by atoms with Gasteiger partial charge in [-0.25, -0.2) is 0 Å². The Bertz CT molecular complexity index is 350. The van der Waals surface area contributed by atoms with Gasteiger partial charge in [0.2, 0.25) is 5.91 Å². The summed E-state index contributed by atoms with van der Waals surface area (Å²) >= 11 is 0. The van der Waals surface area contributed by atoms with Gasteiger partial charge in [0, 0.05) is 39.2 Å². The third-order valence-electron chi connectivity index (χ3n) is 5.43. The Hall–Kier alpha value is -0.690. The van der Waals surface area contributed by atoms with Gasteiger partial charge in [0.1, 0.15) is 0 Å². The number of ether oxygens (including phenoxy) is 1. The van der Waals surface area contributed by atoms with Gasteiger partial charge in [-0.3, -0.25) is 9.69 Å². The summed E-state index contributed by atoms with van der Waals surface area (Å²) < 4.78 is 5.59. The molecule has 3 N–H and O–H groups in total. The van der Waals surface area contributed by atoms with Crippen molar-refractivity contribution in [2.45, 2.75) is 96.8 Å². The highest BCUT2D eigenvalue weighted by molar-refractivity contribution is 5.75. The predicted molar refractivity (Wildman–Crippen MR) is 125 cm³/mol. The quantitative estimate of drug-likeness (QED) is 0.202. The maximum atomic E-state index is 11.8. The van der Waals surface area contributed by atoms with Gasteiger partial charge < -0.3 is 20.3 Å². The molecular weight excluding hydrogens is 380 g/mol. The Kier molecular flexibility index (Phi) is 24.0. The lowest BCUT2D eigenvalue weighted by Crippen LogP contribution is -2.33. The van der Waals surface area contributed by atoms with E-state index in [1.54, 1.807) is 0 Å². The standard InChI is InChI=1S/C24H50N2O4/c1-2-3-4-5-6-7-8-9-10-11-12-15-24(29)25-16-13-14-22-30-23-19-26(17-20-27)18-21-28/h27-28H,2-23H2,1H3,(H,25,29). The predicted octanol–water partition coefficient (Wildman–Crippen LogP) is 3.89. The monoisotopic (exact) mass is 430 g/mol. The van der Waals surface area contributed by atoms with E-state index in [1.807, 2.05) is 4.90 Å². The first-order chi connectivity index (χ1) is 14.7. The van der Waals surface area contributed by atoms with Crippen molar-refractivity contribution in [1.29, 1.82) is 0 Å². The van der Waals surface area contributed by atoms with Crippen LogP contribution in [0.5, 0.6) is 0 Å². The van der Waals surface area contributed by atoms with Crippen LogP contribution in [0.15, 0.2) is 0 Å². The second-order valence-electron chi connectivity index (χ2n) is 8.24. The fourth-order valence-corrected chi connectivity index (χ4v) is 3.51. The molecule has 0 aromatic rings. The molecule has 0 aliphatic carbocycles. The van der Waals surface area contributed by atoms with E-state index in [4.69, 9.17) is 14.9 Å². The molecule has 0 unspecified atom stereocenters. The van der Waals surface area contributed by atoms with Crippen LogP contribution in [0.4, 0.5) is 0 Å². The number of nitrogens with one attached hydrogen (secondary N) is 1. The van der Waals surface area contributed by atoms with Gasteiger partial charge in [-0.15, -0.1) is 0 Å². The van der Waals surface area contributed by atoms with Crippen molar-refractivity contribution in [2.75, 3.05) is 52.6 Å². The molecule has 0 fully saturated rings. The number of unbranched alkanes of at least 4 members (excludes halogenated alkanes) is 11. The summed E-state index contributed by atoms with van der Waals surface area (Å²) in [6.45, 7) is 6.31. The molecule has 0 aliphatic rings. The topological polar surface area (TPSA) is 82.0 Å². The molecule has 180 valence electrons. The molecule has 6 heteroatoms. The Balaban J connectivity index is 3.29. The largest absolute Gasteiger partial charge is 0.395 e. The fraction of sp³-hybridized carbons (Fsp3) is 0.958. The molecular formula is C24H50N2O4. The van der Waals surface area contributed by atoms with Crippen molar-refractivity contribution in [2.24, 2.45) is 0 Å². The summed E-state index contributed by atoms with van der Waals surface area (Å²) in [6, 6.07) is 0. The molecule has 0 spiro atoms. The van der Waals surface area contributed by atoms with Gasteiger partial charge in [-0.2, -0.15) is 0 Å². The Morgan fingerprint density at radius 2 is 1.30 bits per heavy atom. The van der Waals surface area contributed by atoms with E-state index in [-0.39, 0.29) is 19.1 Å². The van der Waals surface area contributed by atoms with Crippen LogP contribution < -0.4 is 5.32 Å². The number of carbonyl (C=O) groups excluding carboxylic acids is 1. The average Bonchev–Trinajstić information content (AvgIpc) is 2.74. The third-order valence-corrected chi connectivity index (χ3v) is 5.43. The minimum absolute atomic E-state index is 0.0961. The van der Waals surface area contributed by atoms with Crippen molar-refractivity contribution in [3.05, 3.63) is 0 Å². The molecule has 1 amide bonds. The molecule has 0 rings (SSSR count). The SMILES string of the molecule is CCCCCCCCCCCCCC(=O)NCCCCOCCN(CCO)CCO. The molecule has 0 radical (unpaired) electrons. The zero-order chi connectivity index (χ0) is 22.1. The number of hydrogen-bond donors (Lipinski definition) is 3. The molecule has 30 heavy (non-hydrogen) atoms. The molecule has 6 nitrogen and oxygen atoms in total. The Morgan fingerprint density at radius 3 is 1.87 bits per heavy atom. The summed E-state index contributed by atoms with van der Waals surface area (Å²) in [7, 11) is 0. The summed E-state index contributed by atoms with van der Waals surface area (Å²) in [5.41, 5.74) is 0. The number of hydrogen-bond acceptors (Lipinski definition) is 5. The van der Waals surface area contributed by atoms with E-state index in [1.165, 1.54) is 64.2 Å². The lowest BCUT2D eigenvalue weighted by molar-refractivity contribution is -0.121. The minimum atomic E-state index is 0.0961. The lowest BCUT2D eigenvalue weighted by Gasteiger charge is -2.19. The first kappa shape index (κ1) is 29.3. The summed E-state index contributed by atoms with van der Waals surface area (Å²) in [5, 5.41) is 20.9. The van der Waals surface area contributed by atoms with Gasteiger partial charge in [0.25, 0.3) is 0 Å². The zero-order valence-electron chi connectivity index (χ0n) is 19.7. The number of nitrogens with zero attached hydrogens (tertiary/aromatic N) is 1. The number of rotatable bonds is 24. The van der Waals surface area contributed by atoms with Crippen LogP contribution in [0.3, 0.4) is 0 Å². The lowest BCUT2D eigenvalue weighted by atomic mass is 10.1. The number of aliphatic hydroxyl groups excluding tert-OH is 2. The third kappa shape index (κ3) is 22.0. The molecule has 0 aromatic heterocycles. The molecule has 0 aromatic carbocycles. The number of carbonyl (C=O) groups is 1. The van der Waals surface area contributed by atoms with Crippen molar-refractivity contribution in [3.8, 4) is 0 Å². The normalized spacial score (nSPS) is 11.3. The highest BCUT2D eigenvalue weighted by Gasteiger charge is 2.03. The van der Waals surface area contributed by atoms with E-state index < -0.39 is 0 Å². The van der Waals surface area contributed by atoms with E-state index in [0.29, 0.717) is 32.7 Å². The van der Waals surface area contributed by atoms with Crippen molar-refractivity contribution in [1.82, 2.24) is 10.2 Å². The van der Waals surface area contributed by atoms with Crippen LogP contribution in [0.25, 0.3) is 0 Å². The fourth-order valence-electron chi connectivity index (χ4n) is 3.51. The van der Waals surface area contributed by atoms with Crippen LogP contribution >= 0.6 is 0 Å². The second-order valence-corrected chi connectivity index (χ2v) is 8.24. The van der Waals surface area contributed by atoms with E-state index in [0.717, 1.165) is 32.4 Å². The first-order valence-corrected chi connectivity index (χ1v) is 12.5. The van der Waals surface area contributed by atoms with E-state index >= 15 is 0 Å². The van der Waals surface area contributed by atoms with Gasteiger partial charge in [-0.1, -0.05) is 71.1 Å². The van der Waals surface area contributed by atoms with Crippen molar-refractivity contribution < 1.29 is 19.7 Å². The summed E-state index contributed by atoms with van der Waals surface area (Å²) in [6.07, 6.45) is 16.9. The van der Waals surface area contributed by atoms with Crippen LogP contribution in [-0.2, 0) is 9.53 Å². The van der Waals surface area contributed by atoms with Crippen molar-refractivity contribution >= 4 is 5.91 Å². The van der Waals surface area contributed by atoms with Gasteiger partial charge >= 0.3 is 0 Å². The van der Waals surface area contributed by atoms with E-state index in [2.05, 4.69) is 12.2 Å². The van der Waals surface area contributed by atoms with E-state index in [9.17, 15) is 4.79 Å². The first-order valence-electron chi connectivity index (χ1n) is 12.5. The molecule has 0 aliphatic heterocycles. The highest BCUT2D eigenvalue weighted by Crippen LogP contribution is 2.11. The molecule has 0 saturated carbocycles. The maximum Gasteiger partial charge on any atom is 0.219 e. The van der Waals surface area contributed by atoms with Gasteiger partial charge in [-0.05, 0) is 19.3 Å². The molecule has 0 heterocycles. The van der Waals surface area contributed by atoms with Gasteiger partial charge in [0.15, 0.2) is 0 Å². The van der Waals surface area contributed by atoms with Crippen LogP contribution in [-0.4, -0.2) is 73.6 Å². The number of amides is 1. The summed E-state index contributed by atoms with van der Waals surface area (Å²) in [4.78, 5) is 13.8. The highest BCUT2D eigenvalue weighted by atomic mass is 16.5. The minimum Gasteiger partial charge on any atom is -0.395 e. The van der Waals surface area contributed by atoms with Crippen LogP contribution in [0.1, 0.15) is 96.8 Å². The second kappa shape index (κ2) is 24.6. The Labute approximate surface area is 185 Å². The molecule has 0 saturated heterocycles. The van der Waals surface area contributed by atoms with Crippen LogP contribution in [0.2, 0.25) is 0 Å². The zero-order valence-corrected chi connectivity index (χ0v) is 19.7. The molecule has 0 bridgehead atoms. The van der Waals surface area contributed by atoms with Gasteiger partial charge in [0.05, 0.1) is 19.8 Å². The Morgan fingerprint density at radius 1 is 0.733 bits per heavy atom. The number of aliphatic hydroxyl groups is 2. The van der Waals surface area contributed by atoms with Crippen LogP contribution in [0, 0.1) is 0 Å². The maximum absolute atomic E-state index is 11.8. The van der Waals surface area contributed by atoms with Crippen molar-refractivity contribution in [3.63, 3.8) is 0 Å². The molecule has 0 atom stereocenters. The average molecular weight is 431 g/mol. The smallest absolute Gasteiger partial charge is 0.219 e.